The summed E-state index contributed by atoms with van der Waals surface area (Å²) >= 11 is 0. The zero-order chi connectivity index (χ0) is 11.3. The lowest BCUT2D eigenvalue weighted by molar-refractivity contribution is 0.354. The zero-order valence-corrected chi connectivity index (χ0v) is 8.45. The molecule has 0 amide bonds. The van der Waals surface area contributed by atoms with E-state index in [1.54, 1.807) is 18.2 Å². The van der Waals surface area contributed by atoms with Crippen molar-refractivity contribution < 1.29 is 9.84 Å². The van der Waals surface area contributed by atoms with E-state index in [0.717, 1.165) is 5.56 Å². The van der Waals surface area contributed by atoms with Gasteiger partial charge in [0.05, 0.1) is 25.3 Å². The van der Waals surface area contributed by atoms with Crippen LogP contribution in [0, 0.1) is 16.7 Å². The molecular weight excluding hydrogens is 192 g/mol. The molecule has 4 heteroatoms. The number of aliphatic hydroxyl groups excluding tert-OH is 1. The maximum atomic E-state index is 8.74. The van der Waals surface area contributed by atoms with Crippen LogP contribution in [-0.2, 0) is 6.42 Å². The van der Waals surface area contributed by atoms with Crippen LogP contribution in [-0.4, -0.2) is 24.5 Å². The molecule has 0 aromatic heterocycles. The highest BCUT2D eigenvalue weighted by atomic mass is 16.5. The van der Waals surface area contributed by atoms with Crippen LogP contribution in [0.1, 0.15) is 11.1 Å². The molecule has 0 saturated heterocycles. The topological polar surface area (TPSA) is 77.1 Å². The van der Waals surface area contributed by atoms with Gasteiger partial charge in [0.25, 0.3) is 0 Å². The molecule has 1 aromatic carbocycles. The van der Waals surface area contributed by atoms with E-state index in [2.05, 4.69) is 0 Å². The molecule has 0 radical (unpaired) electrons. The van der Waals surface area contributed by atoms with Gasteiger partial charge in [-0.1, -0.05) is 6.07 Å². The fourth-order valence-electron chi connectivity index (χ4n) is 1.25. The summed E-state index contributed by atoms with van der Waals surface area (Å²) in [5, 5.41) is 24.8. The minimum absolute atomic E-state index is 0.220. The highest BCUT2D eigenvalue weighted by Crippen LogP contribution is 2.20. The minimum Gasteiger partial charge on any atom is -0.496 e. The van der Waals surface area contributed by atoms with Gasteiger partial charge in [-0.25, -0.2) is 0 Å². The van der Waals surface area contributed by atoms with Gasteiger partial charge in [0.2, 0.25) is 0 Å². The van der Waals surface area contributed by atoms with Gasteiger partial charge in [-0.05, 0) is 17.7 Å². The largest absolute Gasteiger partial charge is 0.496 e. The molecule has 0 saturated carbocycles. The van der Waals surface area contributed by atoms with Crippen LogP contribution in [0.2, 0.25) is 0 Å². The fourth-order valence-corrected chi connectivity index (χ4v) is 1.25. The Balaban J connectivity index is 2.98. The number of benzene rings is 1. The van der Waals surface area contributed by atoms with Crippen molar-refractivity contribution in [1.29, 1.82) is 10.7 Å². The molecule has 0 aliphatic heterocycles. The lowest BCUT2D eigenvalue weighted by Crippen LogP contribution is -2.07. The second-order valence-corrected chi connectivity index (χ2v) is 3.08. The molecule has 2 N–H and O–H groups in total. The van der Waals surface area contributed by atoms with Gasteiger partial charge in [0.1, 0.15) is 5.75 Å². The standard InChI is InChI=1S/C11H12N2O2/c1-15-11-4-8(6-12)2-3-9(11)5-10(13)7-14/h2-4,13-14H,5,7H2,1H3. The molecule has 0 aliphatic carbocycles. The van der Waals surface area contributed by atoms with Gasteiger partial charge in [0.15, 0.2) is 0 Å². The molecule has 1 aromatic rings. The van der Waals surface area contributed by atoms with Crippen LogP contribution < -0.4 is 4.74 Å². The smallest absolute Gasteiger partial charge is 0.123 e. The van der Waals surface area contributed by atoms with Crippen molar-refractivity contribution in [3.05, 3.63) is 29.3 Å². The third-order valence-electron chi connectivity index (χ3n) is 2.01. The maximum Gasteiger partial charge on any atom is 0.123 e. The second-order valence-electron chi connectivity index (χ2n) is 3.08. The predicted molar refractivity (Wildman–Crippen MR) is 56.2 cm³/mol. The van der Waals surface area contributed by atoms with Crippen molar-refractivity contribution >= 4 is 5.71 Å². The number of nitriles is 1. The normalized spacial score (nSPS) is 9.40. The summed E-state index contributed by atoms with van der Waals surface area (Å²) in [6.07, 6.45) is 0.339. The molecule has 15 heavy (non-hydrogen) atoms. The highest BCUT2D eigenvalue weighted by Gasteiger charge is 2.06. The monoisotopic (exact) mass is 204 g/mol. The molecule has 0 aliphatic rings. The third kappa shape index (κ3) is 2.79. The Hall–Kier alpha value is -1.86. The first-order valence-electron chi connectivity index (χ1n) is 4.45. The lowest BCUT2D eigenvalue weighted by Gasteiger charge is -2.08. The van der Waals surface area contributed by atoms with E-state index in [-0.39, 0.29) is 12.3 Å². The van der Waals surface area contributed by atoms with Crippen LogP contribution >= 0.6 is 0 Å². The summed E-state index contributed by atoms with van der Waals surface area (Å²) < 4.78 is 5.10. The number of methoxy groups -OCH3 is 1. The van der Waals surface area contributed by atoms with E-state index in [0.29, 0.717) is 17.7 Å². The SMILES string of the molecule is COc1cc(C#N)ccc1CC(=N)CO. The molecule has 0 bridgehead atoms. The van der Waals surface area contributed by atoms with Gasteiger partial charge in [-0.3, -0.25) is 0 Å². The first-order chi connectivity index (χ1) is 7.21. The predicted octanol–water partition coefficient (Wildman–Crippen LogP) is 1.12. The molecule has 0 heterocycles. The Labute approximate surface area is 88.2 Å². The van der Waals surface area contributed by atoms with Crippen LogP contribution in [0.5, 0.6) is 5.75 Å². The van der Waals surface area contributed by atoms with Gasteiger partial charge < -0.3 is 15.3 Å². The number of aliphatic hydroxyl groups is 1. The third-order valence-corrected chi connectivity index (χ3v) is 2.01. The van der Waals surface area contributed by atoms with Crippen molar-refractivity contribution in [3.8, 4) is 11.8 Å². The summed E-state index contributed by atoms with van der Waals surface area (Å²) in [6, 6.07) is 7.04. The Morgan fingerprint density at radius 3 is 2.87 bits per heavy atom. The van der Waals surface area contributed by atoms with Crippen molar-refractivity contribution in [2.75, 3.05) is 13.7 Å². The van der Waals surface area contributed by atoms with Crippen molar-refractivity contribution in [3.63, 3.8) is 0 Å². The Morgan fingerprint density at radius 2 is 2.33 bits per heavy atom. The summed E-state index contributed by atoms with van der Waals surface area (Å²) in [6.45, 7) is -0.261. The van der Waals surface area contributed by atoms with Crippen molar-refractivity contribution in [2.24, 2.45) is 0 Å². The highest BCUT2D eigenvalue weighted by molar-refractivity contribution is 5.85. The molecule has 4 nitrogen and oxygen atoms in total. The van der Waals surface area contributed by atoms with E-state index < -0.39 is 0 Å². The van der Waals surface area contributed by atoms with E-state index in [1.807, 2.05) is 6.07 Å². The molecule has 1 rings (SSSR count). The minimum atomic E-state index is -0.261. The Morgan fingerprint density at radius 1 is 1.60 bits per heavy atom. The number of hydrogen-bond donors (Lipinski definition) is 2. The number of ether oxygens (including phenoxy) is 1. The van der Waals surface area contributed by atoms with Crippen LogP contribution in [0.3, 0.4) is 0 Å². The van der Waals surface area contributed by atoms with Gasteiger partial charge in [-0.2, -0.15) is 5.26 Å². The summed E-state index contributed by atoms with van der Waals surface area (Å²) in [4.78, 5) is 0. The summed E-state index contributed by atoms with van der Waals surface area (Å²) in [5.74, 6) is 0.576. The first-order valence-corrected chi connectivity index (χ1v) is 4.45. The fraction of sp³-hybridized carbons (Fsp3) is 0.273. The van der Waals surface area contributed by atoms with Crippen molar-refractivity contribution in [1.82, 2.24) is 0 Å². The van der Waals surface area contributed by atoms with Crippen molar-refractivity contribution in [2.45, 2.75) is 6.42 Å². The number of rotatable bonds is 4. The van der Waals surface area contributed by atoms with Gasteiger partial charge >= 0.3 is 0 Å². The molecule has 78 valence electrons. The summed E-state index contributed by atoms with van der Waals surface area (Å²) in [5.41, 5.74) is 1.54. The maximum absolute atomic E-state index is 8.74. The van der Waals surface area contributed by atoms with Gasteiger partial charge in [-0.15, -0.1) is 0 Å². The molecule has 0 unspecified atom stereocenters. The zero-order valence-electron chi connectivity index (χ0n) is 8.45. The number of nitrogens with one attached hydrogen (secondary N) is 1. The molecule has 0 spiro atoms. The molecule has 0 atom stereocenters. The van der Waals surface area contributed by atoms with E-state index >= 15 is 0 Å². The Bertz CT molecular complexity index is 408. The van der Waals surface area contributed by atoms with Crippen LogP contribution in [0.4, 0.5) is 0 Å². The van der Waals surface area contributed by atoms with E-state index in [4.69, 9.17) is 20.5 Å². The van der Waals surface area contributed by atoms with Gasteiger partial charge in [0, 0.05) is 12.1 Å². The average Bonchev–Trinajstić information content (AvgIpc) is 2.29. The van der Waals surface area contributed by atoms with Crippen LogP contribution in [0.15, 0.2) is 18.2 Å². The van der Waals surface area contributed by atoms with E-state index in [9.17, 15) is 0 Å². The van der Waals surface area contributed by atoms with Crippen LogP contribution in [0.25, 0.3) is 0 Å². The number of hydrogen-bond acceptors (Lipinski definition) is 4. The second kappa shape index (κ2) is 5.13. The Kier molecular flexibility index (Phi) is 3.83. The quantitative estimate of drug-likeness (QED) is 0.721. The lowest BCUT2D eigenvalue weighted by atomic mass is 10.1. The molecular formula is C11H12N2O2. The molecule has 0 fully saturated rings. The number of nitrogens with zero attached hydrogens (tertiary/aromatic N) is 1. The average molecular weight is 204 g/mol. The van der Waals surface area contributed by atoms with E-state index in [1.165, 1.54) is 7.11 Å². The summed E-state index contributed by atoms with van der Waals surface area (Å²) in [7, 11) is 1.52. The first kappa shape index (κ1) is 11.2.